The fraction of sp³-hybridized carbons (Fsp3) is 0.484. The minimum absolute atomic E-state index is 0.456. The highest BCUT2D eigenvalue weighted by Gasteiger charge is 2.45. The molecule has 10 N–H and O–H groups in total. The van der Waals surface area contributed by atoms with Crippen molar-refractivity contribution >= 4 is 0 Å². The number of rotatable bonds is 4. The normalized spacial score (nSPS) is 34.3. The number of aliphatic hydroxyl groups is 10. The number of ether oxygens (including phenoxy) is 2. The Kier molecular flexibility index (Phi) is 9.23. The van der Waals surface area contributed by atoms with Crippen LogP contribution in [-0.4, -0.2) is 139 Å². The zero-order chi connectivity index (χ0) is 31.1. The molecule has 5 rings (SSSR count). The van der Waals surface area contributed by atoms with Crippen molar-refractivity contribution in [2.75, 3.05) is 26.4 Å². The Morgan fingerprint density at radius 3 is 1.30 bits per heavy atom. The second-order valence-corrected chi connectivity index (χ2v) is 11.0. The summed E-state index contributed by atoms with van der Waals surface area (Å²) < 4.78 is 10.9. The summed E-state index contributed by atoms with van der Waals surface area (Å²) >= 11 is 0. The fourth-order valence-corrected chi connectivity index (χ4v) is 5.79. The molecule has 2 aromatic carbocycles. The summed E-state index contributed by atoms with van der Waals surface area (Å²) in [5.41, 5.74) is 2.34. The van der Waals surface area contributed by atoms with E-state index in [4.69, 9.17) is 9.47 Å². The van der Waals surface area contributed by atoms with E-state index in [1.54, 1.807) is 36.4 Å². The van der Waals surface area contributed by atoms with Gasteiger partial charge in [0.1, 0.15) is 61.0 Å². The smallest absolute Gasteiger partial charge is 0.147 e. The van der Waals surface area contributed by atoms with Crippen LogP contribution < -0.4 is 0 Å². The number of fused-ring (bicyclic) bond motifs is 3. The molecule has 1 aliphatic carbocycles. The van der Waals surface area contributed by atoms with Crippen LogP contribution >= 0.6 is 0 Å². The van der Waals surface area contributed by atoms with Gasteiger partial charge in [-0.05, 0) is 46.5 Å². The standard InChI is InChI=1S/C31H34O12/c32-11-23-27(38)29(40)25(36)21(42-23)7-3-15-1-5-17-18-6-2-16(10-20(18)31(13-34,14-35)19(17)9-15)4-8-22-26(37)30(41)28(39)24(12-33)43-22/h1-2,5-6,9-10,21-30,32-41H,11-14H2/t21-,22-,23-,24-,25-,26+,27-,28-,29-,30-/m1/s1. The van der Waals surface area contributed by atoms with Gasteiger partial charge in [-0.25, -0.2) is 0 Å². The lowest BCUT2D eigenvalue weighted by Crippen LogP contribution is -2.58. The SMILES string of the molecule is OC[C@H]1O[C@H](C#Cc2ccc3c(c2)C(CO)(CO)c2cc(C#C[C@H]4O[C@H](CO)[C@@H](O)[C@H](O)[C@@H]4O)ccc2-3)[C@H](O)[C@@H](O)[C@@H]1O. The Morgan fingerprint density at radius 2 is 0.953 bits per heavy atom. The molecule has 0 spiro atoms. The van der Waals surface area contributed by atoms with Crippen molar-refractivity contribution in [3.63, 3.8) is 0 Å². The maximum absolute atomic E-state index is 10.6. The summed E-state index contributed by atoms with van der Waals surface area (Å²) in [5, 5.41) is 101. The van der Waals surface area contributed by atoms with E-state index in [9.17, 15) is 51.1 Å². The fourth-order valence-electron chi connectivity index (χ4n) is 5.79. The lowest BCUT2D eigenvalue weighted by molar-refractivity contribution is -0.214. The first-order valence-electron chi connectivity index (χ1n) is 13.8. The maximum Gasteiger partial charge on any atom is 0.147 e. The van der Waals surface area contributed by atoms with Gasteiger partial charge in [0.15, 0.2) is 0 Å². The van der Waals surface area contributed by atoms with Crippen molar-refractivity contribution in [1.29, 1.82) is 0 Å². The van der Waals surface area contributed by atoms with Gasteiger partial charge >= 0.3 is 0 Å². The number of benzene rings is 2. The first-order chi connectivity index (χ1) is 20.6. The molecule has 3 aliphatic rings. The highest BCUT2D eigenvalue weighted by atomic mass is 16.5. The Bertz CT molecular complexity index is 1340. The molecular formula is C31H34O12. The lowest BCUT2D eigenvalue weighted by Gasteiger charge is -2.37. The predicted octanol–water partition coefficient (Wildman–Crippen LogP) is -3.67. The molecule has 2 heterocycles. The molecule has 0 saturated carbocycles. The van der Waals surface area contributed by atoms with Crippen LogP contribution in [0.5, 0.6) is 0 Å². The Morgan fingerprint density at radius 1 is 0.558 bits per heavy atom. The molecule has 12 nitrogen and oxygen atoms in total. The Hall–Kier alpha value is -2.92. The van der Waals surface area contributed by atoms with Crippen LogP contribution in [0.2, 0.25) is 0 Å². The molecule has 0 unspecified atom stereocenters. The first kappa shape index (κ1) is 31.5. The quantitative estimate of drug-likeness (QED) is 0.154. The summed E-state index contributed by atoms with van der Waals surface area (Å²) in [4.78, 5) is 0. The van der Waals surface area contributed by atoms with Crippen LogP contribution in [0.15, 0.2) is 36.4 Å². The van der Waals surface area contributed by atoms with E-state index in [1.165, 1.54) is 0 Å². The minimum Gasteiger partial charge on any atom is -0.395 e. The summed E-state index contributed by atoms with van der Waals surface area (Å²) in [7, 11) is 0. The van der Waals surface area contributed by atoms with Crippen LogP contribution in [0.25, 0.3) is 11.1 Å². The highest BCUT2D eigenvalue weighted by molar-refractivity contribution is 5.82. The maximum atomic E-state index is 10.6. The van der Waals surface area contributed by atoms with Crippen LogP contribution in [0.4, 0.5) is 0 Å². The zero-order valence-corrected chi connectivity index (χ0v) is 22.9. The van der Waals surface area contributed by atoms with Crippen LogP contribution in [-0.2, 0) is 14.9 Å². The number of aliphatic hydroxyl groups excluding tert-OH is 10. The molecular weight excluding hydrogens is 564 g/mol. The zero-order valence-electron chi connectivity index (χ0n) is 22.9. The molecule has 0 amide bonds. The highest BCUT2D eigenvalue weighted by Crippen LogP contribution is 2.49. The van der Waals surface area contributed by atoms with E-state index in [-0.39, 0.29) is 0 Å². The van der Waals surface area contributed by atoms with Crippen molar-refractivity contribution in [1.82, 2.24) is 0 Å². The Balaban J connectivity index is 1.45. The summed E-state index contributed by atoms with van der Waals surface area (Å²) in [6.07, 6.45) is -13.7. The molecule has 2 aliphatic heterocycles. The lowest BCUT2D eigenvalue weighted by atomic mass is 9.79. The molecule has 2 fully saturated rings. The van der Waals surface area contributed by atoms with Crippen molar-refractivity contribution in [3.05, 3.63) is 58.7 Å². The Labute approximate surface area is 247 Å². The average molecular weight is 599 g/mol. The van der Waals surface area contributed by atoms with E-state index in [0.717, 1.165) is 11.1 Å². The van der Waals surface area contributed by atoms with Gasteiger partial charge in [-0.3, -0.25) is 0 Å². The van der Waals surface area contributed by atoms with Crippen molar-refractivity contribution < 1.29 is 60.5 Å². The molecule has 2 aromatic rings. The van der Waals surface area contributed by atoms with Crippen molar-refractivity contribution in [2.24, 2.45) is 0 Å². The largest absolute Gasteiger partial charge is 0.395 e. The van der Waals surface area contributed by atoms with E-state index in [1.807, 2.05) is 0 Å². The molecule has 12 heteroatoms. The monoisotopic (exact) mass is 598 g/mol. The van der Waals surface area contributed by atoms with Crippen LogP contribution in [0.1, 0.15) is 22.3 Å². The third kappa shape index (κ3) is 5.47. The van der Waals surface area contributed by atoms with Gasteiger partial charge < -0.3 is 60.5 Å². The summed E-state index contributed by atoms with van der Waals surface area (Å²) in [6.45, 7) is -2.08. The minimum atomic E-state index is -1.56. The third-order valence-electron chi connectivity index (χ3n) is 8.40. The molecule has 43 heavy (non-hydrogen) atoms. The molecule has 0 radical (unpaired) electrons. The third-order valence-corrected chi connectivity index (χ3v) is 8.40. The van der Waals surface area contributed by atoms with Gasteiger partial charge in [0.2, 0.25) is 0 Å². The predicted molar refractivity (Wildman–Crippen MR) is 148 cm³/mol. The van der Waals surface area contributed by atoms with Crippen LogP contribution in [0.3, 0.4) is 0 Å². The first-order valence-corrected chi connectivity index (χ1v) is 13.8. The molecule has 10 atom stereocenters. The second-order valence-electron chi connectivity index (χ2n) is 11.0. The van der Waals surface area contributed by atoms with Gasteiger partial charge in [0.25, 0.3) is 0 Å². The number of hydrogen-bond acceptors (Lipinski definition) is 12. The average Bonchev–Trinajstić information content (AvgIpc) is 3.30. The number of hydrogen-bond donors (Lipinski definition) is 10. The van der Waals surface area contributed by atoms with E-state index >= 15 is 0 Å². The van der Waals surface area contributed by atoms with Gasteiger partial charge in [0.05, 0.1) is 31.8 Å². The van der Waals surface area contributed by atoms with Gasteiger partial charge in [-0.15, -0.1) is 0 Å². The summed E-state index contributed by atoms with van der Waals surface area (Å²) in [5.74, 6) is 11.2. The van der Waals surface area contributed by atoms with Gasteiger partial charge in [-0.1, -0.05) is 35.8 Å². The molecule has 2 saturated heterocycles. The van der Waals surface area contributed by atoms with Crippen molar-refractivity contribution in [3.8, 4) is 34.8 Å². The topological polar surface area (TPSA) is 221 Å². The van der Waals surface area contributed by atoms with E-state index < -0.39 is 92.9 Å². The van der Waals surface area contributed by atoms with Crippen LogP contribution in [0, 0.1) is 23.7 Å². The summed E-state index contributed by atoms with van der Waals surface area (Å²) in [6, 6.07) is 10.3. The van der Waals surface area contributed by atoms with Gasteiger partial charge in [-0.2, -0.15) is 0 Å². The second kappa shape index (κ2) is 12.6. The van der Waals surface area contributed by atoms with Gasteiger partial charge in [0, 0.05) is 11.1 Å². The van der Waals surface area contributed by atoms with Crippen molar-refractivity contribution in [2.45, 2.75) is 66.5 Å². The van der Waals surface area contributed by atoms with E-state index in [2.05, 4.69) is 23.7 Å². The molecule has 0 bridgehead atoms. The molecule has 0 aromatic heterocycles. The van der Waals surface area contributed by atoms with E-state index in [0.29, 0.717) is 22.3 Å². The molecule has 230 valence electrons.